The molecule has 1 saturated heterocycles. The number of aryl methyl sites for hydroxylation is 1. The van der Waals surface area contributed by atoms with Gasteiger partial charge in [0.1, 0.15) is 5.82 Å². The van der Waals surface area contributed by atoms with Crippen LogP contribution in [0.1, 0.15) is 43.1 Å². The van der Waals surface area contributed by atoms with Crippen LogP contribution in [0.4, 0.5) is 11.4 Å². The molecule has 160 valence electrons. The number of nitrogens with one attached hydrogen (secondary N) is 1. The smallest absolute Gasteiger partial charge is 0.229 e. The number of amides is 2. The fourth-order valence-corrected chi connectivity index (χ4v) is 3.89. The second-order valence-corrected chi connectivity index (χ2v) is 8.44. The summed E-state index contributed by atoms with van der Waals surface area (Å²) in [4.78, 5) is 31.3. The predicted octanol–water partition coefficient (Wildman–Crippen LogP) is 4.35. The summed E-state index contributed by atoms with van der Waals surface area (Å²) in [6.07, 6.45) is 3.97. The van der Waals surface area contributed by atoms with Gasteiger partial charge in [-0.1, -0.05) is 38.1 Å². The van der Waals surface area contributed by atoms with E-state index >= 15 is 0 Å². The zero-order valence-electron chi connectivity index (χ0n) is 18.2. The lowest BCUT2D eigenvalue weighted by Crippen LogP contribution is -2.28. The quantitative estimate of drug-likeness (QED) is 0.649. The monoisotopic (exact) mass is 416 g/mol. The molecular weight excluding hydrogens is 388 g/mol. The van der Waals surface area contributed by atoms with E-state index in [1.807, 2.05) is 55.6 Å². The number of aromatic nitrogens is 2. The fraction of sp³-hybridized carbons (Fsp3) is 0.320. The van der Waals surface area contributed by atoms with Crippen LogP contribution in [-0.4, -0.2) is 27.9 Å². The fourth-order valence-electron chi connectivity index (χ4n) is 3.89. The molecule has 4 rings (SSSR count). The van der Waals surface area contributed by atoms with Crippen LogP contribution in [0.5, 0.6) is 0 Å². The number of hydrogen-bond donors (Lipinski definition) is 1. The highest BCUT2D eigenvalue weighted by atomic mass is 16.2. The van der Waals surface area contributed by atoms with Crippen molar-refractivity contribution in [1.82, 2.24) is 9.55 Å². The zero-order chi connectivity index (χ0) is 22.0. The molecule has 1 atom stereocenters. The maximum absolute atomic E-state index is 12.8. The van der Waals surface area contributed by atoms with Gasteiger partial charge in [-0.2, -0.15) is 0 Å². The van der Waals surface area contributed by atoms with Crippen molar-refractivity contribution >= 4 is 23.2 Å². The van der Waals surface area contributed by atoms with Gasteiger partial charge in [0.05, 0.1) is 5.92 Å². The van der Waals surface area contributed by atoms with E-state index in [1.165, 1.54) is 5.56 Å². The molecule has 0 radical (unpaired) electrons. The Morgan fingerprint density at radius 1 is 1.19 bits per heavy atom. The molecule has 1 aliphatic rings. The first kappa shape index (κ1) is 20.8. The lowest BCUT2D eigenvalue weighted by molar-refractivity contribution is -0.122. The van der Waals surface area contributed by atoms with Crippen molar-refractivity contribution in [3.05, 3.63) is 77.9 Å². The molecular formula is C25H28N4O2. The second kappa shape index (κ2) is 8.76. The Balaban J connectivity index is 1.38. The minimum absolute atomic E-state index is 0.00731. The molecule has 3 aromatic rings. The van der Waals surface area contributed by atoms with Gasteiger partial charge in [-0.05, 0) is 48.2 Å². The number of hydrogen-bond acceptors (Lipinski definition) is 3. The minimum atomic E-state index is -0.358. The van der Waals surface area contributed by atoms with Gasteiger partial charge in [0.15, 0.2) is 0 Å². The molecule has 1 unspecified atom stereocenters. The van der Waals surface area contributed by atoms with Crippen molar-refractivity contribution in [3.8, 4) is 0 Å². The average molecular weight is 417 g/mol. The van der Waals surface area contributed by atoms with Gasteiger partial charge in [-0.25, -0.2) is 4.98 Å². The van der Waals surface area contributed by atoms with Gasteiger partial charge < -0.3 is 14.8 Å². The van der Waals surface area contributed by atoms with Crippen LogP contribution >= 0.6 is 0 Å². The molecule has 6 nitrogen and oxygen atoms in total. The predicted molar refractivity (Wildman–Crippen MR) is 122 cm³/mol. The topological polar surface area (TPSA) is 67.2 Å². The standard InChI is InChI=1S/C25H28N4O2/c1-17(2)20-5-4-6-23(13-20)29-16-21(14-24(29)30)25(31)27-22-9-7-19(8-10-22)15-28-12-11-26-18(28)3/h4-13,17,21H,14-16H2,1-3H3,(H,27,31). The number of carbonyl (C=O) groups excluding carboxylic acids is 2. The van der Waals surface area contributed by atoms with Crippen molar-refractivity contribution in [2.75, 3.05) is 16.8 Å². The maximum atomic E-state index is 12.8. The Labute approximate surface area is 182 Å². The Kier molecular flexibility index (Phi) is 5.89. The minimum Gasteiger partial charge on any atom is -0.331 e. The second-order valence-electron chi connectivity index (χ2n) is 8.44. The molecule has 0 saturated carbocycles. The number of carbonyl (C=O) groups is 2. The van der Waals surface area contributed by atoms with Gasteiger partial charge in [0.25, 0.3) is 0 Å². The highest BCUT2D eigenvalue weighted by Crippen LogP contribution is 2.28. The van der Waals surface area contributed by atoms with Crippen LogP contribution in [0, 0.1) is 12.8 Å². The van der Waals surface area contributed by atoms with Gasteiger partial charge in [0.2, 0.25) is 11.8 Å². The van der Waals surface area contributed by atoms with Crippen LogP contribution in [0.15, 0.2) is 60.9 Å². The molecule has 2 aromatic carbocycles. The number of imidazole rings is 1. The average Bonchev–Trinajstić information content (AvgIpc) is 3.35. The molecule has 1 aromatic heterocycles. The van der Waals surface area contributed by atoms with E-state index in [4.69, 9.17) is 0 Å². The lowest BCUT2D eigenvalue weighted by atomic mass is 10.0. The Hall–Kier alpha value is -3.41. The molecule has 0 bridgehead atoms. The summed E-state index contributed by atoms with van der Waals surface area (Å²) in [6, 6.07) is 15.8. The Morgan fingerprint density at radius 2 is 1.97 bits per heavy atom. The van der Waals surface area contributed by atoms with Crippen LogP contribution < -0.4 is 10.2 Å². The third-order valence-electron chi connectivity index (χ3n) is 5.84. The maximum Gasteiger partial charge on any atom is 0.229 e. The van der Waals surface area contributed by atoms with Crippen LogP contribution in [0.3, 0.4) is 0 Å². The van der Waals surface area contributed by atoms with Crippen molar-refractivity contribution in [3.63, 3.8) is 0 Å². The van der Waals surface area contributed by atoms with Crippen LogP contribution in [0.2, 0.25) is 0 Å². The third-order valence-corrected chi connectivity index (χ3v) is 5.84. The van der Waals surface area contributed by atoms with E-state index in [2.05, 4.69) is 34.8 Å². The highest BCUT2D eigenvalue weighted by molar-refractivity contribution is 6.03. The summed E-state index contributed by atoms with van der Waals surface area (Å²) in [5, 5.41) is 2.97. The molecule has 1 fully saturated rings. The van der Waals surface area contributed by atoms with Crippen molar-refractivity contribution in [2.24, 2.45) is 5.92 Å². The number of anilines is 2. The van der Waals surface area contributed by atoms with E-state index < -0.39 is 0 Å². The van der Waals surface area contributed by atoms with Crippen molar-refractivity contribution in [2.45, 2.75) is 39.7 Å². The van der Waals surface area contributed by atoms with E-state index in [9.17, 15) is 9.59 Å². The Bertz CT molecular complexity index is 1080. The number of benzene rings is 2. The summed E-state index contributed by atoms with van der Waals surface area (Å²) in [6.45, 7) is 7.37. The van der Waals surface area contributed by atoms with Crippen LogP contribution in [-0.2, 0) is 16.1 Å². The van der Waals surface area contributed by atoms with E-state index in [-0.39, 0.29) is 24.2 Å². The zero-order valence-corrected chi connectivity index (χ0v) is 18.2. The molecule has 6 heteroatoms. The molecule has 1 aliphatic heterocycles. The summed E-state index contributed by atoms with van der Waals surface area (Å²) >= 11 is 0. The number of nitrogens with zero attached hydrogens (tertiary/aromatic N) is 3. The molecule has 2 amide bonds. The van der Waals surface area contributed by atoms with Crippen molar-refractivity contribution in [1.29, 1.82) is 0 Å². The Morgan fingerprint density at radius 3 is 2.65 bits per heavy atom. The first-order valence-electron chi connectivity index (χ1n) is 10.7. The van der Waals surface area contributed by atoms with E-state index in [1.54, 1.807) is 11.1 Å². The molecule has 0 aliphatic carbocycles. The molecule has 31 heavy (non-hydrogen) atoms. The highest BCUT2D eigenvalue weighted by Gasteiger charge is 2.35. The van der Waals surface area contributed by atoms with Gasteiger partial charge in [0, 0.05) is 43.3 Å². The SMILES string of the molecule is Cc1nccn1Cc1ccc(NC(=O)C2CC(=O)N(c3cccc(C(C)C)c3)C2)cc1. The van der Waals surface area contributed by atoms with Crippen molar-refractivity contribution < 1.29 is 9.59 Å². The van der Waals surface area contributed by atoms with Crippen LogP contribution in [0.25, 0.3) is 0 Å². The summed E-state index contributed by atoms with van der Waals surface area (Å²) in [5.41, 5.74) is 3.92. The molecule has 2 heterocycles. The third kappa shape index (κ3) is 4.68. The summed E-state index contributed by atoms with van der Waals surface area (Å²) in [7, 11) is 0. The molecule has 0 spiro atoms. The van der Waals surface area contributed by atoms with E-state index in [0.717, 1.165) is 29.3 Å². The van der Waals surface area contributed by atoms with Gasteiger partial charge in [-0.3, -0.25) is 9.59 Å². The molecule has 1 N–H and O–H groups in total. The van der Waals surface area contributed by atoms with Gasteiger partial charge >= 0.3 is 0 Å². The first-order valence-corrected chi connectivity index (χ1v) is 10.7. The normalized spacial score (nSPS) is 16.2. The summed E-state index contributed by atoms with van der Waals surface area (Å²) in [5.74, 6) is 0.869. The summed E-state index contributed by atoms with van der Waals surface area (Å²) < 4.78 is 2.07. The lowest BCUT2D eigenvalue weighted by Gasteiger charge is -2.18. The van der Waals surface area contributed by atoms with Gasteiger partial charge in [-0.15, -0.1) is 0 Å². The van der Waals surface area contributed by atoms with E-state index in [0.29, 0.717) is 12.5 Å². The largest absolute Gasteiger partial charge is 0.331 e. The number of rotatable bonds is 6. The first-order chi connectivity index (χ1) is 14.9.